The van der Waals surface area contributed by atoms with E-state index in [1.165, 1.54) is 12.1 Å². The van der Waals surface area contributed by atoms with Crippen LogP contribution in [0.5, 0.6) is 0 Å². The van der Waals surface area contributed by atoms with Gasteiger partial charge in [-0.15, -0.1) is 5.10 Å². The van der Waals surface area contributed by atoms with E-state index in [9.17, 15) is 9.18 Å². The summed E-state index contributed by atoms with van der Waals surface area (Å²) in [6.45, 7) is 0. The van der Waals surface area contributed by atoms with Gasteiger partial charge >= 0.3 is 0 Å². The van der Waals surface area contributed by atoms with Gasteiger partial charge in [0.2, 0.25) is 5.95 Å². The summed E-state index contributed by atoms with van der Waals surface area (Å²) >= 11 is 6.03. The van der Waals surface area contributed by atoms with Crippen molar-refractivity contribution in [3.05, 3.63) is 112 Å². The van der Waals surface area contributed by atoms with Gasteiger partial charge in [-0.2, -0.15) is 4.98 Å². The van der Waals surface area contributed by atoms with Crippen LogP contribution in [-0.4, -0.2) is 20.7 Å². The molecule has 2 N–H and O–H groups in total. The van der Waals surface area contributed by atoms with Crippen LogP contribution in [0.4, 0.5) is 16.3 Å². The first-order valence-electron chi connectivity index (χ1n) is 9.90. The summed E-state index contributed by atoms with van der Waals surface area (Å²) < 4.78 is 15.2. The zero-order valence-corrected chi connectivity index (χ0v) is 17.4. The molecule has 1 atom stereocenters. The van der Waals surface area contributed by atoms with E-state index in [1.807, 2.05) is 24.3 Å². The van der Waals surface area contributed by atoms with Crippen LogP contribution in [0.2, 0.25) is 5.02 Å². The molecule has 0 spiro atoms. The van der Waals surface area contributed by atoms with Crippen molar-refractivity contribution in [3.8, 4) is 0 Å². The molecule has 32 heavy (non-hydrogen) atoms. The second-order valence-electron chi connectivity index (χ2n) is 7.23. The Hall–Kier alpha value is -3.97. The molecule has 0 unspecified atom stereocenters. The van der Waals surface area contributed by atoms with Crippen molar-refractivity contribution >= 4 is 35.1 Å². The van der Waals surface area contributed by atoms with Crippen molar-refractivity contribution in [2.75, 3.05) is 10.6 Å². The number of amides is 1. The summed E-state index contributed by atoms with van der Waals surface area (Å²) in [5, 5.41) is 11.1. The van der Waals surface area contributed by atoms with Gasteiger partial charge in [-0.3, -0.25) is 10.1 Å². The van der Waals surface area contributed by atoms with Crippen LogP contribution in [0.1, 0.15) is 27.5 Å². The number of fused-ring (bicyclic) bond motifs is 1. The van der Waals surface area contributed by atoms with Gasteiger partial charge in [-0.1, -0.05) is 54.1 Å². The van der Waals surface area contributed by atoms with Gasteiger partial charge in [0.25, 0.3) is 11.9 Å². The second-order valence-corrected chi connectivity index (χ2v) is 7.67. The minimum atomic E-state index is -0.354. The smallest absolute Gasteiger partial charge is 0.258 e. The highest BCUT2D eigenvalue weighted by Gasteiger charge is 2.26. The number of carbonyl (C=O) groups excluding carboxylic acids is 1. The molecule has 0 aliphatic carbocycles. The van der Waals surface area contributed by atoms with Gasteiger partial charge in [0.1, 0.15) is 11.9 Å². The first-order valence-corrected chi connectivity index (χ1v) is 10.3. The zero-order chi connectivity index (χ0) is 22.1. The maximum absolute atomic E-state index is 13.5. The fraction of sp³-hybridized carbons (Fsp3) is 0.0417. The van der Waals surface area contributed by atoms with Gasteiger partial charge in [0, 0.05) is 16.3 Å². The lowest BCUT2D eigenvalue weighted by Gasteiger charge is -2.24. The molecule has 6 nitrogen and oxygen atoms in total. The Morgan fingerprint density at radius 1 is 1.00 bits per heavy atom. The maximum Gasteiger partial charge on any atom is 0.258 e. The van der Waals surface area contributed by atoms with Crippen LogP contribution in [0.15, 0.2) is 84.9 Å². The summed E-state index contributed by atoms with van der Waals surface area (Å²) in [7, 11) is 0. The van der Waals surface area contributed by atoms with Crippen LogP contribution in [0, 0.1) is 5.82 Å². The van der Waals surface area contributed by atoms with Gasteiger partial charge in [-0.05, 0) is 53.6 Å². The molecule has 2 heterocycles. The van der Waals surface area contributed by atoms with E-state index in [0.29, 0.717) is 16.5 Å². The molecule has 1 aliphatic heterocycles. The molecule has 0 saturated heterocycles. The van der Waals surface area contributed by atoms with Crippen molar-refractivity contribution in [2.45, 2.75) is 6.04 Å². The average Bonchev–Trinajstić information content (AvgIpc) is 3.22. The highest BCUT2D eigenvalue weighted by molar-refractivity contribution is 6.30. The number of halogens is 2. The number of anilines is 2. The van der Waals surface area contributed by atoms with Crippen LogP contribution in [-0.2, 0) is 0 Å². The fourth-order valence-corrected chi connectivity index (χ4v) is 3.63. The zero-order valence-electron chi connectivity index (χ0n) is 16.7. The van der Waals surface area contributed by atoms with Crippen molar-refractivity contribution in [1.82, 2.24) is 14.8 Å². The number of benzene rings is 3. The first-order chi connectivity index (χ1) is 15.6. The molecule has 0 saturated carbocycles. The number of hydrogen-bond acceptors (Lipinski definition) is 4. The van der Waals surface area contributed by atoms with Crippen molar-refractivity contribution < 1.29 is 9.18 Å². The third kappa shape index (κ3) is 3.98. The lowest BCUT2D eigenvalue weighted by atomic mass is 10.0. The highest BCUT2D eigenvalue weighted by Crippen LogP contribution is 2.33. The van der Waals surface area contributed by atoms with Crippen LogP contribution in [0.3, 0.4) is 0 Å². The van der Waals surface area contributed by atoms with E-state index in [4.69, 9.17) is 11.6 Å². The predicted molar refractivity (Wildman–Crippen MR) is 122 cm³/mol. The van der Waals surface area contributed by atoms with E-state index < -0.39 is 0 Å². The average molecular weight is 446 g/mol. The van der Waals surface area contributed by atoms with Gasteiger partial charge in [-0.25, -0.2) is 9.07 Å². The number of hydrogen-bond donors (Lipinski definition) is 2. The Bertz CT molecular complexity index is 1300. The van der Waals surface area contributed by atoms with E-state index >= 15 is 0 Å². The molecule has 8 heteroatoms. The van der Waals surface area contributed by atoms with Gasteiger partial charge in [0.05, 0.1) is 0 Å². The molecule has 158 valence electrons. The topological polar surface area (TPSA) is 71.8 Å². The van der Waals surface area contributed by atoms with Crippen LogP contribution < -0.4 is 10.6 Å². The predicted octanol–water partition coefficient (Wildman–Crippen LogP) is 5.38. The quantitative estimate of drug-likeness (QED) is 0.442. The summed E-state index contributed by atoms with van der Waals surface area (Å²) in [5.41, 5.74) is 3.04. The first kappa shape index (κ1) is 20.0. The lowest BCUT2D eigenvalue weighted by Crippen LogP contribution is -2.20. The molecule has 1 aliphatic rings. The third-order valence-corrected chi connectivity index (χ3v) is 5.35. The largest absolute Gasteiger partial charge is 0.324 e. The minimum Gasteiger partial charge on any atom is -0.324 e. The normalized spacial score (nSPS) is 14.8. The number of allylic oxidation sites excluding steroid dienone is 1. The molecule has 1 amide bonds. The highest BCUT2D eigenvalue weighted by atomic mass is 35.5. The van der Waals surface area contributed by atoms with Crippen molar-refractivity contribution in [3.63, 3.8) is 0 Å². The molecule has 5 rings (SSSR count). The van der Waals surface area contributed by atoms with Crippen molar-refractivity contribution in [1.29, 1.82) is 0 Å². The fourth-order valence-electron chi connectivity index (χ4n) is 3.50. The van der Waals surface area contributed by atoms with Crippen LogP contribution >= 0.6 is 11.6 Å². The molecule has 1 aromatic heterocycles. The number of nitrogens with zero attached hydrogens (tertiary/aromatic N) is 3. The minimum absolute atomic E-state index is 0.166. The summed E-state index contributed by atoms with van der Waals surface area (Å²) in [5.74, 6) is -0.00802. The summed E-state index contributed by atoms with van der Waals surface area (Å²) in [4.78, 5) is 17.0. The van der Waals surface area contributed by atoms with E-state index in [1.54, 1.807) is 53.2 Å². The monoisotopic (exact) mass is 445 g/mol. The Kier molecular flexibility index (Phi) is 5.17. The van der Waals surface area contributed by atoms with Gasteiger partial charge < -0.3 is 5.32 Å². The molecule has 4 aromatic rings. The number of nitrogens with one attached hydrogen (secondary N) is 2. The maximum atomic E-state index is 13.5. The molecule has 0 fully saturated rings. The van der Waals surface area contributed by atoms with E-state index in [2.05, 4.69) is 20.7 Å². The number of aromatic nitrogens is 3. The van der Waals surface area contributed by atoms with Crippen molar-refractivity contribution in [2.24, 2.45) is 0 Å². The van der Waals surface area contributed by atoms with Crippen LogP contribution in [0.25, 0.3) is 5.70 Å². The SMILES string of the molecule is O=C(Nc1nc2n(n1)[C@@H](c1ccc(F)cc1)C=C(c1ccc(Cl)cc1)N2)c1ccccc1. The van der Waals surface area contributed by atoms with Gasteiger partial charge in [0.15, 0.2) is 0 Å². The molecular formula is C24H17ClFN5O. The summed E-state index contributed by atoms with van der Waals surface area (Å²) in [6.07, 6.45) is 1.97. The molecule has 0 radical (unpaired) electrons. The molecule has 0 bridgehead atoms. The molecular weight excluding hydrogens is 429 g/mol. The second kappa shape index (κ2) is 8.28. The van der Waals surface area contributed by atoms with E-state index in [-0.39, 0.29) is 23.7 Å². The number of rotatable bonds is 4. The Labute approximate surface area is 188 Å². The Morgan fingerprint density at radius 2 is 1.72 bits per heavy atom. The Morgan fingerprint density at radius 3 is 2.44 bits per heavy atom. The lowest BCUT2D eigenvalue weighted by molar-refractivity contribution is 0.102. The van der Waals surface area contributed by atoms with E-state index in [0.717, 1.165) is 16.8 Å². The summed E-state index contributed by atoms with van der Waals surface area (Å²) in [6, 6.07) is 22.1. The third-order valence-electron chi connectivity index (χ3n) is 5.09. The number of carbonyl (C=O) groups is 1. The Balaban J connectivity index is 1.51. The molecule has 3 aromatic carbocycles. The standard InChI is InChI=1S/C24H17ClFN5O/c25-18-10-6-15(7-11-18)20-14-21(16-8-12-19(26)13-9-16)31-24(27-20)29-23(30-31)28-22(32)17-4-2-1-3-5-17/h1-14,21H,(H2,27,28,29,30,32)/t21-/m1/s1.